The molecular weight excluding hydrogens is 310 g/mol. The van der Waals surface area contributed by atoms with E-state index in [0.717, 1.165) is 42.0 Å². The van der Waals surface area contributed by atoms with Gasteiger partial charge in [-0.1, -0.05) is 54.6 Å². The summed E-state index contributed by atoms with van der Waals surface area (Å²) in [5.74, 6) is 0.0811. The van der Waals surface area contributed by atoms with Crippen LogP contribution in [0.25, 0.3) is 0 Å². The Balaban J connectivity index is 1.67. The van der Waals surface area contributed by atoms with Crippen LogP contribution in [0.1, 0.15) is 29.5 Å². The number of benzene rings is 2. The number of carbonyl (C=O) groups is 1. The molecule has 0 unspecified atom stereocenters. The van der Waals surface area contributed by atoms with Gasteiger partial charge < -0.3 is 4.90 Å². The summed E-state index contributed by atoms with van der Waals surface area (Å²) in [6.07, 6.45) is 2.94. The van der Waals surface area contributed by atoms with Gasteiger partial charge in [0.15, 0.2) is 0 Å². The van der Waals surface area contributed by atoms with Crippen LogP contribution in [0.15, 0.2) is 59.7 Å². The maximum atomic E-state index is 12.8. The maximum Gasteiger partial charge on any atom is 0.247 e. The Morgan fingerprint density at radius 3 is 2.40 bits per heavy atom. The zero-order valence-corrected chi connectivity index (χ0v) is 14.4. The highest BCUT2D eigenvalue weighted by Crippen LogP contribution is 2.21. The molecule has 0 aromatic heterocycles. The van der Waals surface area contributed by atoms with E-state index in [1.54, 1.807) is 5.01 Å². The van der Waals surface area contributed by atoms with Gasteiger partial charge in [-0.3, -0.25) is 4.79 Å². The molecule has 25 heavy (non-hydrogen) atoms. The van der Waals surface area contributed by atoms with E-state index in [-0.39, 0.29) is 5.91 Å². The van der Waals surface area contributed by atoms with Crippen LogP contribution in [0.2, 0.25) is 0 Å². The third-order valence-corrected chi connectivity index (χ3v) is 5.00. The van der Waals surface area contributed by atoms with Crippen molar-refractivity contribution in [2.24, 2.45) is 5.10 Å². The number of rotatable bonds is 4. The Kier molecular flexibility index (Phi) is 4.61. The average Bonchev–Trinajstić information content (AvgIpc) is 3.12. The van der Waals surface area contributed by atoms with Crippen molar-refractivity contribution in [3.63, 3.8) is 0 Å². The van der Waals surface area contributed by atoms with E-state index >= 15 is 0 Å². The van der Waals surface area contributed by atoms with Crippen LogP contribution in [-0.2, 0) is 11.2 Å². The molecule has 0 saturated carbocycles. The Morgan fingerprint density at radius 2 is 1.60 bits per heavy atom. The number of hydrazone groups is 1. The Hall–Kier alpha value is -2.46. The van der Waals surface area contributed by atoms with Gasteiger partial charge in [0.2, 0.25) is 5.91 Å². The van der Waals surface area contributed by atoms with Gasteiger partial charge in [-0.15, -0.1) is 0 Å². The number of likely N-dealkylation sites (tertiary alicyclic amines) is 1. The smallest absolute Gasteiger partial charge is 0.247 e. The fraction of sp³-hybridized carbons (Fsp3) is 0.333. The molecule has 128 valence electrons. The SMILES string of the molecule is O=C1Cc2ccccc2C(c2ccccc2)=NN1CCN1CCCC1. The van der Waals surface area contributed by atoms with Gasteiger partial charge in [0.1, 0.15) is 0 Å². The van der Waals surface area contributed by atoms with Crippen LogP contribution in [0.4, 0.5) is 0 Å². The Labute approximate surface area is 148 Å². The number of carbonyl (C=O) groups excluding carboxylic acids is 1. The third-order valence-electron chi connectivity index (χ3n) is 5.00. The summed E-state index contributed by atoms with van der Waals surface area (Å²) in [5.41, 5.74) is 4.06. The second-order valence-corrected chi connectivity index (χ2v) is 6.71. The lowest BCUT2D eigenvalue weighted by atomic mass is 9.96. The number of hydrogen-bond acceptors (Lipinski definition) is 3. The van der Waals surface area contributed by atoms with Crippen molar-refractivity contribution >= 4 is 11.6 Å². The highest BCUT2D eigenvalue weighted by molar-refractivity contribution is 6.15. The number of nitrogens with zero attached hydrogens (tertiary/aromatic N) is 3. The molecule has 2 aliphatic heterocycles. The van der Waals surface area contributed by atoms with Crippen LogP contribution in [0, 0.1) is 0 Å². The largest absolute Gasteiger partial charge is 0.301 e. The van der Waals surface area contributed by atoms with E-state index in [1.807, 2.05) is 36.4 Å². The fourth-order valence-electron chi connectivity index (χ4n) is 3.62. The molecule has 2 aromatic carbocycles. The minimum absolute atomic E-state index is 0.0811. The van der Waals surface area contributed by atoms with Crippen LogP contribution < -0.4 is 0 Å². The molecule has 0 bridgehead atoms. The van der Waals surface area contributed by atoms with Gasteiger partial charge in [0, 0.05) is 17.7 Å². The van der Waals surface area contributed by atoms with E-state index in [2.05, 4.69) is 23.1 Å². The molecule has 0 aliphatic carbocycles. The van der Waals surface area contributed by atoms with Gasteiger partial charge in [-0.25, -0.2) is 5.01 Å². The van der Waals surface area contributed by atoms with Gasteiger partial charge in [-0.2, -0.15) is 5.10 Å². The Morgan fingerprint density at radius 1 is 0.880 bits per heavy atom. The first-order valence-corrected chi connectivity index (χ1v) is 9.06. The predicted molar refractivity (Wildman–Crippen MR) is 99.6 cm³/mol. The van der Waals surface area contributed by atoms with Crippen LogP contribution >= 0.6 is 0 Å². The summed E-state index contributed by atoms with van der Waals surface area (Å²) in [7, 11) is 0. The molecule has 1 fully saturated rings. The number of hydrogen-bond donors (Lipinski definition) is 0. The van der Waals surface area contributed by atoms with E-state index in [1.165, 1.54) is 12.8 Å². The van der Waals surface area contributed by atoms with Crippen molar-refractivity contribution in [2.45, 2.75) is 19.3 Å². The average molecular weight is 333 g/mol. The molecule has 0 N–H and O–H groups in total. The second kappa shape index (κ2) is 7.19. The first kappa shape index (κ1) is 16.0. The predicted octanol–water partition coefficient (Wildman–Crippen LogP) is 2.92. The number of fused-ring (bicyclic) bond motifs is 1. The molecule has 0 radical (unpaired) electrons. The van der Waals surface area contributed by atoms with Crippen molar-refractivity contribution in [3.8, 4) is 0 Å². The fourth-order valence-corrected chi connectivity index (χ4v) is 3.62. The number of amides is 1. The van der Waals surface area contributed by atoms with Crippen LogP contribution in [0.3, 0.4) is 0 Å². The minimum atomic E-state index is 0.0811. The molecule has 0 spiro atoms. The van der Waals surface area contributed by atoms with Crippen LogP contribution in [-0.4, -0.2) is 47.7 Å². The highest BCUT2D eigenvalue weighted by Gasteiger charge is 2.24. The maximum absolute atomic E-state index is 12.8. The monoisotopic (exact) mass is 333 g/mol. The molecule has 4 rings (SSSR count). The zero-order valence-electron chi connectivity index (χ0n) is 14.4. The summed E-state index contributed by atoms with van der Waals surface area (Å²) in [6, 6.07) is 18.3. The van der Waals surface area contributed by atoms with E-state index in [9.17, 15) is 4.79 Å². The lowest BCUT2D eigenvalue weighted by molar-refractivity contribution is -0.130. The highest BCUT2D eigenvalue weighted by atomic mass is 16.2. The summed E-state index contributed by atoms with van der Waals surface area (Å²) in [6.45, 7) is 3.83. The van der Waals surface area contributed by atoms with Crippen molar-refractivity contribution in [2.75, 3.05) is 26.2 Å². The normalized spacial score (nSPS) is 18.0. The van der Waals surface area contributed by atoms with Crippen molar-refractivity contribution in [1.29, 1.82) is 0 Å². The van der Waals surface area contributed by atoms with Gasteiger partial charge >= 0.3 is 0 Å². The molecule has 4 nitrogen and oxygen atoms in total. The Bertz CT molecular complexity index is 779. The van der Waals surface area contributed by atoms with Crippen LogP contribution in [0.5, 0.6) is 0 Å². The lowest BCUT2D eigenvalue weighted by Gasteiger charge is -2.21. The van der Waals surface area contributed by atoms with Gasteiger partial charge in [0.25, 0.3) is 0 Å². The second-order valence-electron chi connectivity index (χ2n) is 6.71. The summed E-state index contributed by atoms with van der Waals surface area (Å²) < 4.78 is 0. The molecule has 2 aliphatic rings. The lowest BCUT2D eigenvalue weighted by Crippen LogP contribution is -2.35. The summed E-state index contributed by atoms with van der Waals surface area (Å²) in [5, 5.41) is 6.48. The van der Waals surface area contributed by atoms with E-state index in [4.69, 9.17) is 5.10 Å². The quantitative estimate of drug-likeness (QED) is 0.862. The van der Waals surface area contributed by atoms with Crippen molar-refractivity contribution in [1.82, 2.24) is 9.91 Å². The first-order valence-electron chi connectivity index (χ1n) is 9.06. The molecular formula is C21H23N3O. The molecule has 2 heterocycles. The minimum Gasteiger partial charge on any atom is -0.301 e. The topological polar surface area (TPSA) is 35.9 Å². The summed E-state index contributed by atoms with van der Waals surface area (Å²) in [4.78, 5) is 15.2. The molecule has 2 aromatic rings. The standard InChI is InChI=1S/C21H23N3O/c25-20-16-18-10-4-5-11-19(18)21(17-8-2-1-3-9-17)22-24(20)15-14-23-12-6-7-13-23/h1-5,8-11H,6-7,12-16H2. The molecule has 0 atom stereocenters. The molecule has 1 amide bonds. The van der Waals surface area contributed by atoms with Crippen molar-refractivity contribution in [3.05, 3.63) is 71.3 Å². The van der Waals surface area contributed by atoms with E-state index in [0.29, 0.717) is 13.0 Å². The van der Waals surface area contributed by atoms with Gasteiger partial charge in [-0.05, 0) is 31.5 Å². The summed E-state index contributed by atoms with van der Waals surface area (Å²) >= 11 is 0. The molecule has 1 saturated heterocycles. The third kappa shape index (κ3) is 3.49. The zero-order chi connectivity index (χ0) is 17.1. The van der Waals surface area contributed by atoms with Gasteiger partial charge in [0.05, 0.1) is 18.7 Å². The van der Waals surface area contributed by atoms with Crippen molar-refractivity contribution < 1.29 is 4.79 Å². The first-order chi connectivity index (χ1) is 12.3. The molecule has 4 heteroatoms. The van der Waals surface area contributed by atoms with E-state index < -0.39 is 0 Å².